The number of Topliss-reactive ketones (excluding diaryl/α,β-unsaturated/α-hetero) is 3. The number of nitrogens with zero attached hydrogens (tertiary/aromatic N) is 1. The van der Waals surface area contributed by atoms with Gasteiger partial charge in [0.25, 0.3) is 11.7 Å². The molecule has 0 aromatic rings. The molecule has 4 rings (SSSR count). The molecule has 2 saturated heterocycles. The molecule has 15 nitrogen and oxygen atoms in total. The van der Waals surface area contributed by atoms with Gasteiger partial charge in [0.15, 0.2) is 5.78 Å². The van der Waals surface area contributed by atoms with Gasteiger partial charge in [-0.2, -0.15) is 0 Å². The Bertz CT molecular complexity index is 1780. The van der Waals surface area contributed by atoms with Crippen LogP contribution < -0.4 is 0 Å². The van der Waals surface area contributed by atoms with Gasteiger partial charge in [-0.25, -0.2) is 4.79 Å². The first-order valence-electron chi connectivity index (χ1n) is 26.3. The number of aliphatic hydroxyl groups is 2. The second-order valence-electron chi connectivity index (χ2n) is 21.1. The lowest BCUT2D eigenvalue weighted by Crippen LogP contribution is -2.61. The molecular formula is C55H89NO14. The van der Waals surface area contributed by atoms with Crippen molar-refractivity contribution in [3.63, 3.8) is 0 Å². The standard InChI is InChI=1S/C55H89NO14/c1-12-67-26-27-68-45-24-22-41(31-48(45)65-10)30-37(5)47-33-44(57)36(4)29-39(7)50(59)51(66-11)49(58)38(6)28-34(2)18-14-13-15-19-35(3)46(64-9)32-42-23-21-40(8)55(63,70-42)52(60)53(61)56-25-17-16-20-43(56)54(62)69-47/h13-15,18-19,34,36-43,45-48,50-51,59,63H,12,16-17,20-33H2,1-11H3/b15-13?,18-14+,35-19?/t34-,36-,37-,38-,39?,40-,41+,42?,43?,45-,46+,47+,48-,50-,51+,55-/m1/s1. The van der Waals surface area contributed by atoms with Gasteiger partial charge in [-0.1, -0.05) is 71.9 Å². The van der Waals surface area contributed by atoms with Gasteiger partial charge in [-0.15, -0.1) is 0 Å². The summed E-state index contributed by atoms with van der Waals surface area (Å²) in [5.74, 6) is -7.94. The summed E-state index contributed by atoms with van der Waals surface area (Å²) < 4.78 is 41.6. The zero-order valence-electron chi connectivity index (χ0n) is 44.3. The molecule has 15 heteroatoms. The van der Waals surface area contributed by atoms with E-state index in [0.717, 1.165) is 18.4 Å². The smallest absolute Gasteiger partial charge is 0.329 e. The van der Waals surface area contributed by atoms with Gasteiger partial charge >= 0.3 is 5.97 Å². The van der Waals surface area contributed by atoms with Crippen LogP contribution in [-0.4, -0.2) is 147 Å². The third kappa shape index (κ3) is 16.4. The van der Waals surface area contributed by atoms with Crippen molar-refractivity contribution in [2.75, 3.05) is 47.7 Å². The summed E-state index contributed by atoms with van der Waals surface area (Å²) >= 11 is 0. The number of carbonyl (C=O) groups is 5. The number of esters is 1. The van der Waals surface area contributed by atoms with Gasteiger partial charge in [-0.05, 0) is 114 Å². The number of hydrogen-bond acceptors (Lipinski definition) is 14. The Morgan fingerprint density at radius 2 is 1.57 bits per heavy atom. The van der Waals surface area contributed by atoms with E-state index in [9.17, 15) is 34.2 Å². The van der Waals surface area contributed by atoms with E-state index in [1.807, 2.05) is 65.0 Å². The number of ketones is 3. The normalized spacial score (nSPS) is 37.6. The summed E-state index contributed by atoms with van der Waals surface area (Å²) in [6, 6.07) is -1.12. The van der Waals surface area contributed by atoms with Crippen LogP contribution in [0.4, 0.5) is 0 Å². The van der Waals surface area contributed by atoms with E-state index in [-0.39, 0.29) is 67.3 Å². The molecule has 3 unspecified atom stereocenters. The molecule has 70 heavy (non-hydrogen) atoms. The SMILES string of the molecule is CCOCCO[C@@H]1CC[C@@H](C[C@@H](C)[C@@H]2CC(=O)[C@H](C)CC(C)[C@@H](O)[C@@H](OC)C(=O)[C@H](C)C[C@H](C)/C=C/C=CC=C(C)[C@@H](OC)CC3CC[C@@H](C)[C@@](O)(O3)C(=O)C(=O)N3CCCCC3C(=O)O2)C[C@H]1OC. The predicted octanol–water partition coefficient (Wildman–Crippen LogP) is 7.32. The molecule has 398 valence electrons. The highest BCUT2D eigenvalue weighted by Crippen LogP contribution is 2.38. The monoisotopic (exact) mass is 988 g/mol. The number of cyclic esters (lactones) is 1. The summed E-state index contributed by atoms with van der Waals surface area (Å²) in [6.07, 6.45) is 11.5. The minimum Gasteiger partial charge on any atom is -0.460 e. The zero-order chi connectivity index (χ0) is 51.7. The molecule has 4 aliphatic rings. The Kier molecular flexibility index (Phi) is 24.5. The van der Waals surface area contributed by atoms with Crippen LogP contribution in [0.1, 0.15) is 139 Å². The number of hydrogen-bond donors (Lipinski definition) is 2. The van der Waals surface area contributed by atoms with Crippen LogP contribution in [0.3, 0.4) is 0 Å². The second kappa shape index (κ2) is 28.9. The fourth-order valence-corrected chi connectivity index (χ4v) is 11.0. The van der Waals surface area contributed by atoms with Gasteiger partial charge in [0.1, 0.15) is 24.0 Å². The number of carbonyl (C=O) groups excluding carboxylic acids is 5. The second-order valence-corrected chi connectivity index (χ2v) is 21.1. The number of piperidine rings is 1. The highest BCUT2D eigenvalue weighted by atomic mass is 16.6. The van der Waals surface area contributed by atoms with E-state index in [4.69, 9.17) is 33.2 Å². The number of fused-ring (bicyclic) bond motifs is 3. The van der Waals surface area contributed by atoms with Crippen molar-refractivity contribution >= 4 is 29.2 Å². The first-order valence-corrected chi connectivity index (χ1v) is 26.3. The summed E-state index contributed by atoms with van der Waals surface area (Å²) in [6.45, 7) is 16.6. The third-order valence-corrected chi connectivity index (χ3v) is 15.6. The minimum atomic E-state index is -2.42. The van der Waals surface area contributed by atoms with Crippen molar-refractivity contribution in [1.29, 1.82) is 0 Å². The van der Waals surface area contributed by atoms with Gasteiger partial charge in [0.05, 0.1) is 43.7 Å². The van der Waals surface area contributed by atoms with Gasteiger partial charge in [0.2, 0.25) is 5.79 Å². The van der Waals surface area contributed by atoms with Gasteiger partial charge < -0.3 is 48.3 Å². The van der Waals surface area contributed by atoms with E-state index in [1.54, 1.807) is 35.0 Å². The first kappa shape index (κ1) is 59.4. The number of methoxy groups -OCH3 is 3. The molecule has 3 aliphatic heterocycles. The molecule has 3 fully saturated rings. The van der Waals surface area contributed by atoms with Crippen LogP contribution in [0.15, 0.2) is 36.0 Å². The summed E-state index contributed by atoms with van der Waals surface area (Å²) in [7, 11) is 4.68. The lowest BCUT2D eigenvalue weighted by atomic mass is 9.78. The maximum Gasteiger partial charge on any atom is 0.329 e. The lowest BCUT2D eigenvalue weighted by molar-refractivity contribution is -0.265. The lowest BCUT2D eigenvalue weighted by Gasteiger charge is -2.42. The Labute approximate surface area is 418 Å². The molecule has 2 bridgehead atoms. The Hall–Kier alpha value is -3.15. The fourth-order valence-electron chi connectivity index (χ4n) is 11.0. The molecule has 1 saturated carbocycles. The molecule has 0 aromatic heterocycles. The molecule has 3 heterocycles. The summed E-state index contributed by atoms with van der Waals surface area (Å²) in [4.78, 5) is 72.5. The topological polar surface area (TPSA) is 194 Å². The van der Waals surface area contributed by atoms with Crippen molar-refractivity contribution in [2.45, 2.75) is 193 Å². The van der Waals surface area contributed by atoms with Crippen molar-refractivity contribution in [3.8, 4) is 0 Å². The highest BCUT2D eigenvalue weighted by Gasteiger charge is 2.53. The number of rotatable bonds is 11. The number of ether oxygens (including phenoxy) is 7. The average Bonchev–Trinajstić information content (AvgIpc) is 3.34. The first-order chi connectivity index (χ1) is 33.3. The van der Waals surface area contributed by atoms with E-state index in [1.165, 1.54) is 12.0 Å². The largest absolute Gasteiger partial charge is 0.460 e. The average molecular weight is 988 g/mol. The molecule has 1 amide bonds. The summed E-state index contributed by atoms with van der Waals surface area (Å²) in [5.41, 5.74) is 0.888. The summed E-state index contributed by atoms with van der Waals surface area (Å²) in [5, 5.41) is 23.6. The molecule has 1 aliphatic carbocycles. The molecule has 0 spiro atoms. The molecule has 2 N–H and O–H groups in total. The fraction of sp³-hybridized carbons (Fsp3) is 0.800. The Balaban J connectivity index is 1.66. The molecular weight excluding hydrogens is 899 g/mol. The van der Waals surface area contributed by atoms with Crippen LogP contribution in [0.2, 0.25) is 0 Å². The van der Waals surface area contributed by atoms with Crippen molar-refractivity contribution in [2.24, 2.45) is 41.4 Å². The van der Waals surface area contributed by atoms with E-state index >= 15 is 0 Å². The van der Waals surface area contributed by atoms with Crippen molar-refractivity contribution < 1.29 is 67.3 Å². The molecule has 0 radical (unpaired) electrons. The van der Waals surface area contributed by atoms with Crippen LogP contribution >= 0.6 is 0 Å². The maximum atomic E-state index is 14.5. The Morgan fingerprint density at radius 3 is 2.26 bits per heavy atom. The molecule has 16 atom stereocenters. The van der Waals surface area contributed by atoms with E-state index in [0.29, 0.717) is 71.2 Å². The van der Waals surface area contributed by atoms with Crippen LogP contribution in [0, 0.1) is 41.4 Å². The van der Waals surface area contributed by atoms with Crippen LogP contribution in [0.5, 0.6) is 0 Å². The van der Waals surface area contributed by atoms with Crippen molar-refractivity contribution in [3.05, 3.63) is 36.0 Å². The van der Waals surface area contributed by atoms with E-state index in [2.05, 4.69) is 0 Å². The van der Waals surface area contributed by atoms with Gasteiger partial charge in [-0.3, -0.25) is 19.2 Å². The minimum absolute atomic E-state index is 0.0341. The van der Waals surface area contributed by atoms with Crippen molar-refractivity contribution in [1.82, 2.24) is 4.90 Å². The molecule has 0 aromatic carbocycles. The van der Waals surface area contributed by atoms with E-state index < -0.39 is 83.7 Å². The highest BCUT2D eigenvalue weighted by molar-refractivity contribution is 6.39. The third-order valence-electron chi connectivity index (χ3n) is 15.6. The maximum absolute atomic E-state index is 14.5. The number of amides is 1. The van der Waals surface area contributed by atoms with Crippen LogP contribution in [0.25, 0.3) is 0 Å². The predicted molar refractivity (Wildman–Crippen MR) is 265 cm³/mol. The number of allylic oxidation sites excluding steroid dienone is 5. The number of aliphatic hydroxyl groups excluding tert-OH is 1. The van der Waals surface area contributed by atoms with Gasteiger partial charge in [0, 0.05) is 65.1 Å². The zero-order valence-corrected chi connectivity index (χ0v) is 44.3. The quantitative estimate of drug-likeness (QED) is 0.119. The van der Waals surface area contributed by atoms with Crippen LogP contribution in [-0.2, 0) is 57.1 Å². The Morgan fingerprint density at radius 1 is 0.829 bits per heavy atom.